The molecule has 3 nitrogen and oxygen atoms in total. The van der Waals surface area contributed by atoms with Gasteiger partial charge in [-0.1, -0.05) is 70.9 Å². The summed E-state index contributed by atoms with van der Waals surface area (Å²) in [4.78, 5) is 0. The van der Waals surface area contributed by atoms with E-state index in [1.54, 1.807) is 6.08 Å². The van der Waals surface area contributed by atoms with Crippen molar-refractivity contribution >= 4 is 0 Å². The summed E-state index contributed by atoms with van der Waals surface area (Å²) in [6, 6.07) is 0.283. The van der Waals surface area contributed by atoms with Gasteiger partial charge in [0.2, 0.25) is 0 Å². The lowest BCUT2D eigenvalue weighted by Gasteiger charge is -2.25. The molecule has 0 aromatic carbocycles. The van der Waals surface area contributed by atoms with Crippen molar-refractivity contribution in [1.29, 1.82) is 0 Å². The molecular weight excluding hydrogens is 346 g/mol. The van der Waals surface area contributed by atoms with Gasteiger partial charge in [0.1, 0.15) is 0 Å². The van der Waals surface area contributed by atoms with Crippen molar-refractivity contribution in [1.82, 2.24) is 5.32 Å². The molecule has 0 aliphatic heterocycles. The number of hydrogen-bond acceptors (Lipinski definition) is 3. The van der Waals surface area contributed by atoms with Gasteiger partial charge in [0, 0.05) is 12.1 Å². The van der Waals surface area contributed by atoms with Gasteiger partial charge in [0.05, 0.1) is 12.4 Å². The highest BCUT2D eigenvalue weighted by molar-refractivity contribution is 5.28. The molecule has 0 amide bonds. The van der Waals surface area contributed by atoms with Crippen LogP contribution < -0.4 is 5.32 Å². The second-order valence-corrected chi connectivity index (χ2v) is 6.40. The average Bonchev–Trinajstić information content (AvgIpc) is 2.73. The largest absolute Gasteiger partial charge is 0.516 e. The van der Waals surface area contributed by atoms with Crippen LogP contribution in [0.1, 0.15) is 94.4 Å². The Kier molecular flexibility index (Phi) is 26.6. The third-order valence-electron chi connectivity index (χ3n) is 4.25. The zero-order valence-electron chi connectivity index (χ0n) is 20.1. The molecule has 0 saturated heterocycles. The molecule has 0 heterocycles. The van der Waals surface area contributed by atoms with E-state index in [0.717, 1.165) is 24.7 Å². The Balaban J connectivity index is -0.00000146. The normalized spacial score (nSPS) is 15.5. The summed E-state index contributed by atoms with van der Waals surface area (Å²) in [7, 11) is 0. The first kappa shape index (κ1) is 31.4. The van der Waals surface area contributed by atoms with E-state index in [0.29, 0.717) is 6.04 Å². The van der Waals surface area contributed by atoms with Gasteiger partial charge in [-0.3, -0.25) is 0 Å². The van der Waals surface area contributed by atoms with Crippen LogP contribution in [-0.4, -0.2) is 28.4 Å². The monoisotopic (exact) mass is 395 g/mol. The summed E-state index contributed by atoms with van der Waals surface area (Å²) in [5, 5.41) is 22.8. The van der Waals surface area contributed by atoms with Crippen molar-refractivity contribution in [3.8, 4) is 0 Å². The Hall–Kier alpha value is -1.32. The Morgan fingerprint density at radius 3 is 2.11 bits per heavy atom. The van der Waals surface area contributed by atoms with Crippen molar-refractivity contribution in [3.63, 3.8) is 0 Å². The van der Waals surface area contributed by atoms with Crippen molar-refractivity contribution in [2.75, 3.05) is 0 Å². The summed E-state index contributed by atoms with van der Waals surface area (Å²) < 4.78 is 0. The van der Waals surface area contributed by atoms with Crippen LogP contribution in [-0.2, 0) is 0 Å². The number of aliphatic hydroxyl groups is 2. The lowest BCUT2D eigenvalue weighted by Crippen LogP contribution is -2.43. The van der Waals surface area contributed by atoms with E-state index in [1.807, 2.05) is 53.7 Å². The van der Waals surface area contributed by atoms with E-state index in [4.69, 9.17) is 5.11 Å². The number of aliphatic hydroxyl groups excluding tert-OH is 2. The molecule has 28 heavy (non-hydrogen) atoms. The minimum Gasteiger partial charge on any atom is -0.516 e. The molecule has 3 atom stereocenters. The van der Waals surface area contributed by atoms with E-state index in [2.05, 4.69) is 32.2 Å². The molecule has 0 bridgehead atoms. The molecule has 0 saturated carbocycles. The van der Waals surface area contributed by atoms with Gasteiger partial charge < -0.3 is 15.5 Å². The Bertz CT molecular complexity index is 436. The predicted octanol–water partition coefficient (Wildman–Crippen LogP) is 7.26. The van der Waals surface area contributed by atoms with Crippen molar-refractivity contribution in [2.45, 2.75) is 113 Å². The molecule has 0 rings (SSSR count). The topological polar surface area (TPSA) is 52.5 Å². The second-order valence-electron chi connectivity index (χ2n) is 6.40. The molecule has 166 valence electrons. The minimum absolute atomic E-state index is 0.0563. The van der Waals surface area contributed by atoms with Crippen LogP contribution in [0.2, 0.25) is 0 Å². The van der Waals surface area contributed by atoms with E-state index in [9.17, 15) is 5.11 Å². The van der Waals surface area contributed by atoms with E-state index in [1.165, 1.54) is 30.9 Å². The Morgan fingerprint density at radius 2 is 1.64 bits per heavy atom. The summed E-state index contributed by atoms with van der Waals surface area (Å²) in [6.07, 6.45) is 15.5. The number of rotatable bonds is 12. The van der Waals surface area contributed by atoms with Crippen molar-refractivity contribution in [2.24, 2.45) is 0 Å². The molecule has 0 radical (unpaired) electrons. The molecule has 0 fully saturated rings. The quantitative estimate of drug-likeness (QED) is 0.185. The molecule has 0 aliphatic carbocycles. The fraction of sp³-hybridized carbons (Fsp3) is 0.680. The van der Waals surface area contributed by atoms with E-state index in [-0.39, 0.29) is 6.04 Å². The lowest BCUT2D eigenvalue weighted by atomic mass is 9.98. The molecular formula is C25H49NO2. The van der Waals surface area contributed by atoms with Crippen LogP contribution in [0, 0.1) is 0 Å². The third-order valence-corrected chi connectivity index (χ3v) is 4.25. The van der Waals surface area contributed by atoms with Crippen molar-refractivity contribution in [3.05, 3.63) is 47.8 Å². The Labute approximate surface area is 176 Å². The maximum absolute atomic E-state index is 10.5. The standard InChI is InChI=1S/C21H37NO2.2C2H6/c1-6-9-12-19(8-3)15-14-17(4)22-18(5)21(24)20(11-7-2)13-10-16-23;2*1-2/h7-8,10-11,13,16-18,21-24H,6,9,12,14-15H2,1-5H3;2*1-2H3/b11-7-,16-10+,19-8?,20-13+;;. The van der Waals surface area contributed by atoms with Gasteiger partial charge in [0.25, 0.3) is 0 Å². The first-order chi connectivity index (χ1) is 13.5. The predicted molar refractivity (Wildman–Crippen MR) is 128 cm³/mol. The third kappa shape index (κ3) is 16.8. The van der Waals surface area contributed by atoms with Gasteiger partial charge >= 0.3 is 0 Å². The SMILES string of the molecule is CC.CC.CC=C(CCCC)CCC(C)NC(C)C(O)C(/C=C\C)=C/C=C/O. The first-order valence-electron chi connectivity index (χ1n) is 11.2. The second kappa shape index (κ2) is 23.7. The van der Waals surface area contributed by atoms with Crippen molar-refractivity contribution < 1.29 is 10.2 Å². The van der Waals surface area contributed by atoms with E-state index < -0.39 is 6.10 Å². The average molecular weight is 396 g/mol. The summed E-state index contributed by atoms with van der Waals surface area (Å²) in [5.74, 6) is 0. The summed E-state index contributed by atoms with van der Waals surface area (Å²) >= 11 is 0. The maximum Gasteiger partial charge on any atom is 0.0940 e. The molecule has 0 aliphatic rings. The molecule has 3 unspecified atom stereocenters. The zero-order valence-corrected chi connectivity index (χ0v) is 20.1. The number of hydrogen-bond donors (Lipinski definition) is 3. The number of unbranched alkanes of at least 4 members (excludes halogenated alkanes) is 1. The maximum atomic E-state index is 10.5. The van der Waals surface area contributed by atoms with Gasteiger partial charge in [-0.15, -0.1) is 0 Å². The van der Waals surface area contributed by atoms with Gasteiger partial charge in [-0.05, 0) is 65.0 Å². The molecule has 0 spiro atoms. The fourth-order valence-corrected chi connectivity index (χ4v) is 2.73. The van der Waals surface area contributed by atoms with E-state index >= 15 is 0 Å². The molecule has 0 aromatic rings. The lowest BCUT2D eigenvalue weighted by molar-refractivity contribution is 0.164. The molecule has 3 heteroatoms. The van der Waals surface area contributed by atoms with Crippen LogP contribution in [0.4, 0.5) is 0 Å². The summed E-state index contributed by atoms with van der Waals surface area (Å²) in [6.45, 7) is 18.4. The molecule has 0 aromatic heterocycles. The Morgan fingerprint density at radius 1 is 1.04 bits per heavy atom. The van der Waals surface area contributed by atoms with Gasteiger partial charge in [0.15, 0.2) is 0 Å². The highest BCUT2D eigenvalue weighted by atomic mass is 16.3. The minimum atomic E-state index is -0.610. The highest BCUT2D eigenvalue weighted by Crippen LogP contribution is 2.16. The highest BCUT2D eigenvalue weighted by Gasteiger charge is 2.18. The van der Waals surface area contributed by atoms with Crippen LogP contribution >= 0.6 is 0 Å². The van der Waals surface area contributed by atoms with Crippen LogP contribution in [0.15, 0.2) is 47.8 Å². The first-order valence-corrected chi connectivity index (χ1v) is 11.2. The number of nitrogens with one attached hydrogen (secondary N) is 1. The van der Waals surface area contributed by atoms with Crippen LogP contribution in [0.5, 0.6) is 0 Å². The van der Waals surface area contributed by atoms with Crippen LogP contribution in [0.25, 0.3) is 0 Å². The van der Waals surface area contributed by atoms with Gasteiger partial charge in [-0.25, -0.2) is 0 Å². The van der Waals surface area contributed by atoms with Crippen LogP contribution in [0.3, 0.4) is 0 Å². The fourth-order valence-electron chi connectivity index (χ4n) is 2.73. The molecule has 3 N–H and O–H groups in total. The smallest absolute Gasteiger partial charge is 0.0940 e. The number of allylic oxidation sites excluding steroid dienone is 5. The zero-order chi connectivity index (χ0) is 22.4. The van der Waals surface area contributed by atoms with Gasteiger partial charge in [-0.2, -0.15) is 0 Å². The summed E-state index contributed by atoms with van der Waals surface area (Å²) in [5.41, 5.74) is 2.31.